The summed E-state index contributed by atoms with van der Waals surface area (Å²) in [5, 5.41) is 0. The van der Waals surface area contributed by atoms with Gasteiger partial charge in [-0.1, -0.05) is 128 Å². The number of ether oxygens (including phenoxy) is 2. The molecule has 4 unspecified atom stereocenters. The number of methoxy groups -OCH3 is 2. The molecule has 0 bridgehead atoms. The fraction of sp³-hybridized carbons (Fsp3) is 0.842. The third-order valence-electron chi connectivity index (χ3n) is 9.49. The second kappa shape index (κ2) is 27.0. The number of rotatable bonds is 27. The Bertz CT molecular complexity index is 712. The van der Waals surface area contributed by atoms with Crippen LogP contribution in [0.4, 0.5) is 0 Å². The van der Waals surface area contributed by atoms with Gasteiger partial charge in [-0.05, 0) is 75.0 Å². The molecule has 0 spiro atoms. The van der Waals surface area contributed by atoms with Crippen LogP contribution in [0.5, 0.6) is 0 Å². The van der Waals surface area contributed by atoms with Gasteiger partial charge in [0.1, 0.15) is 0 Å². The van der Waals surface area contributed by atoms with E-state index in [-0.39, 0.29) is 11.9 Å². The first-order chi connectivity index (χ1) is 20.6. The minimum Gasteiger partial charge on any atom is -0.469 e. The molecule has 4 heteroatoms. The van der Waals surface area contributed by atoms with Crippen molar-refractivity contribution in [1.82, 2.24) is 0 Å². The van der Waals surface area contributed by atoms with E-state index in [1.807, 2.05) is 0 Å². The molecular weight excluding hydrogens is 520 g/mol. The second-order valence-corrected chi connectivity index (χ2v) is 12.9. The van der Waals surface area contributed by atoms with Gasteiger partial charge in [0.25, 0.3) is 0 Å². The highest BCUT2D eigenvalue weighted by Gasteiger charge is 2.34. The summed E-state index contributed by atoms with van der Waals surface area (Å²) < 4.78 is 9.58. The molecule has 244 valence electrons. The van der Waals surface area contributed by atoms with E-state index in [1.54, 1.807) is 0 Å². The first kappa shape index (κ1) is 38.4. The zero-order valence-electron chi connectivity index (χ0n) is 28.2. The third kappa shape index (κ3) is 18.9. The van der Waals surface area contributed by atoms with Gasteiger partial charge in [0, 0.05) is 12.8 Å². The van der Waals surface area contributed by atoms with E-state index < -0.39 is 0 Å². The molecule has 0 amide bonds. The molecule has 0 N–H and O–H groups in total. The highest BCUT2D eigenvalue weighted by Crippen LogP contribution is 2.44. The standard InChI is InChI=1S/C38H68O4/c1-5-7-9-11-15-21-27-35-33(25-19-10-8-6-2)31-32-34(26-20-14-12-17-23-29-37(39)41-3)36(35)28-22-16-13-18-24-30-38(40)42-4/h15,21,31-36H,5-14,16-20,22-30H2,1-4H3/b21-15+. The van der Waals surface area contributed by atoms with Gasteiger partial charge >= 0.3 is 11.9 Å². The minimum atomic E-state index is -0.0802. The van der Waals surface area contributed by atoms with Crippen LogP contribution in [0.25, 0.3) is 0 Å². The van der Waals surface area contributed by atoms with Crippen LogP contribution in [0.3, 0.4) is 0 Å². The number of hydrogen-bond acceptors (Lipinski definition) is 4. The number of hydrogen-bond donors (Lipinski definition) is 0. The highest BCUT2D eigenvalue weighted by molar-refractivity contribution is 5.69. The van der Waals surface area contributed by atoms with Gasteiger partial charge in [-0.15, -0.1) is 0 Å². The molecule has 1 rings (SSSR count). The summed E-state index contributed by atoms with van der Waals surface area (Å²) in [6.45, 7) is 4.59. The van der Waals surface area contributed by atoms with Crippen molar-refractivity contribution < 1.29 is 19.1 Å². The maximum Gasteiger partial charge on any atom is 0.305 e. The van der Waals surface area contributed by atoms with Gasteiger partial charge in [0.15, 0.2) is 0 Å². The molecule has 0 heterocycles. The Balaban J connectivity index is 2.77. The lowest BCUT2D eigenvalue weighted by atomic mass is 9.65. The maximum absolute atomic E-state index is 11.4. The smallest absolute Gasteiger partial charge is 0.305 e. The summed E-state index contributed by atoms with van der Waals surface area (Å²) in [6, 6.07) is 0. The Kier molecular flexibility index (Phi) is 24.7. The summed E-state index contributed by atoms with van der Waals surface area (Å²) in [6.07, 6.45) is 38.9. The largest absolute Gasteiger partial charge is 0.469 e. The Morgan fingerprint density at radius 1 is 0.548 bits per heavy atom. The lowest BCUT2D eigenvalue weighted by molar-refractivity contribution is -0.141. The molecule has 1 aliphatic carbocycles. The first-order valence-corrected chi connectivity index (χ1v) is 18.0. The van der Waals surface area contributed by atoms with Gasteiger partial charge < -0.3 is 9.47 Å². The number of esters is 2. The molecule has 0 saturated heterocycles. The molecular formula is C38H68O4. The van der Waals surface area contributed by atoms with Crippen molar-refractivity contribution in [2.75, 3.05) is 14.2 Å². The van der Waals surface area contributed by atoms with Gasteiger partial charge in [-0.3, -0.25) is 9.59 Å². The molecule has 4 nitrogen and oxygen atoms in total. The lowest BCUT2D eigenvalue weighted by Crippen LogP contribution is -2.31. The zero-order valence-corrected chi connectivity index (χ0v) is 28.2. The van der Waals surface area contributed by atoms with Crippen LogP contribution in [0.2, 0.25) is 0 Å². The molecule has 0 saturated carbocycles. The predicted molar refractivity (Wildman–Crippen MR) is 178 cm³/mol. The lowest BCUT2D eigenvalue weighted by Gasteiger charge is -2.40. The fourth-order valence-corrected chi connectivity index (χ4v) is 6.86. The van der Waals surface area contributed by atoms with Crippen LogP contribution in [0, 0.1) is 23.7 Å². The Hall–Kier alpha value is -1.58. The van der Waals surface area contributed by atoms with E-state index >= 15 is 0 Å². The van der Waals surface area contributed by atoms with Crippen molar-refractivity contribution in [1.29, 1.82) is 0 Å². The number of unbranched alkanes of at least 4 members (excludes halogenated alkanes) is 14. The van der Waals surface area contributed by atoms with Crippen LogP contribution >= 0.6 is 0 Å². The fourth-order valence-electron chi connectivity index (χ4n) is 6.86. The average Bonchev–Trinajstić information content (AvgIpc) is 3.00. The Labute approximate surface area is 260 Å². The molecule has 0 radical (unpaired) electrons. The van der Waals surface area contributed by atoms with Crippen molar-refractivity contribution >= 4 is 11.9 Å². The summed E-state index contributed by atoms with van der Waals surface area (Å²) in [7, 11) is 2.96. The summed E-state index contributed by atoms with van der Waals surface area (Å²) in [5.74, 6) is 2.81. The summed E-state index contributed by atoms with van der Waals surface area (Å²) in [4.78, 5) is 22.8. The number of allylic oxidation sites excluding steroid dienone is 4. The molecule has 42 heavy (non-hydrogen) atoms. The highest BCUT2D eigenvalue weighted by atomic mass is 16.5. The molecule has 0 aromatic rings. The Morgan fingerprint density at radius 3 is 1.55 bits per heavy atom. The van der Waals surface area contributed by atoms with Crippen LogP contribution in [-0.4, -0.2) is 26.2 Å². The second-order valence-electron chi connectivity index (χ2n) is 12.9. The van der Waals surface area contributed by atoms with Crippen LogP contribution < -0.4 is 0 Å². The van der Waals surface area contributed by atoms with Crippen molar-refractivity contribution in [3.8, 4) is 0 Å². The summed E-state index contributed by atoms with van der Waals surface area (Å²) >= 11 is 0. The molecule has 0 fully saturated rings. The van der Waals surface area contributed by atoms with Crippen LogP contribution in [-0.2, 0) is 19.1 Å². The van der Waals surface area contributed by atoms with Crippen LogP contribution in [0.1, 0.15) is 168 Å². The normalized spacial score (nSPS) is 20.3. The molecule has 4 atom stereocenters. The van der Waals surface area contributed by atoms with Gasteiger partial charge in [-0.2, -0.15) is 0 Å². The maximum atomic E-state index is 11.4. The van der Waals surface area contributed by atoms with Crippen molar-refractivity contribution in [2.45, 2.75) is 168 Å². The zero-order chi connectivity index (χ0) is 30.7. The number of carbonyl (C=O) groups excluding carboxylic acids is 2. The third-order valence-corrected chi connectivity index (χ3v) is 9.49. The average molecular weight is 589 g/mol. The molecule has 0 aliphatic heterocycles. The Morgan fingerprint density at radius 2 is 1.00 bits per heavy atom. The molecule has 1 aliphatic rings. The quantitative estimate of drug-likeness (QED) is 0.0544. The summed E-state index contributed by atoms with van der Waals surface area (Å²) in [5.41, 5.74) is 0. The molecule has 0 aromatic heterocycles. The monoisotopic (exact) mass is 589 g/mol. The van der Waals surface area contributed by atoms with E-state index in [0.29, 0.717) is 18.8 Å². The van der Waals surface area contributed by atoms with E-state index in [1.165, 1.54) is 130 Å². The SMILES string of the molecule is CCCCC/C=C/CC1C(CCCCCC)C=CC(CCCCCCCC(=O)OC)C1CCCCCCCC(=O)OC. The van der Waals surface area contributed by atoms with Crippen molar-refractivity contribution in [2.24, 2.45) is 23.7 Å². The molecule has 0 aromatic carbocycles. The van der Waals surface area contributed by atoms with Gasteiger partial charge in [0.05, 0.1) is 14.2 Å². The first-order valence-electron chi connectivity index (χ1n) is 18.0. The van der Waals surface area contributed by atoms with Crippen LogP contribution in [0.15, 0.2) is 24.3 Å². The minimum absolute atomic E-state index is 0.0779. The van der Waals surface area contributed by atoms with Gasteiger partial charge in [0.2, 0.25) is 0 Å². The van der Waals surface area contributed by atoms with E-state index in [2.05, 4.69) is 38.2 Å². The number of carbonyl (C=O) groups is 2. The topological polar surface area (TPSA) is 52.6 Å². The predicted octanol–water partition coefficient (Wildman–Crippen LogP) is 11.3. The van der Waals surface area contributed by atoms with E-state index in [0.717, 1.165) is 43.4 Å². The van der Waals surface area contributed by atoms with Crippen molar-refractivity contribution in [3.05, 3.63) is 24.3 Å². The van der Waals surface area contributed by atoms with Gasteiger partial charge in [-0.25, -0.2) is 0 Å². The van der Waals surface area contributed by atoms with E-state index in [4.69, 9.17) is 9.47 Å². The van der Waals surface area contributed by atoms with Crippen molar-refractivity contribution in [3.63, 3.8) is 0 Å². The van der Waals surface area contributed by atoms with E-state index in [9.17, 15) is 9.59 Å².